The van der Waals surface area contributed by atoms with Crippen LogP contribution in [0.1, 0.15) is 0 Å². The van der Waals surface area contributed by atoms with Gasteiger partial charge >= 0.3 is 0 Å². The molecule has 0 aliphatic carbocycles. The Morgan fingerprint density at radius 3 is 2.47 bits per heavy atom. The molecule has 0 N–H and O–H groups in total. The molecular weight excluding hydrogens is 346 g/mol. The Morgan fingerprint density at radius 1 is 1.07 bits per heavy atom. The quantitative estimate of drug-likeness (QED) is 0.725. The first-order valence-electron chi connectivity index (χ1n) is 4.10. The normalized spacial score (nSPS) is 10.3. The van der Waals surface area contributed by atoms with Gasteiger partial charge in [0.2, 0.25) is 0 Å². The summed E-state index contributed by atoms with van der Waals surface area (Å²) < 4.78 is 0.849. The highest BCUT2D eigenvalue weighted by molar-refractivity contribution is 14.1. The Bertz CT molecular complexity index is 485. The molecule has 2 nitrogen and oxygen atoms in total. The molecule has 0 unspecified atom stereocenters. The molecule has 5 heteroatoms. The van der Waals surface area contributed by atoms with Gasteiger partial charge in [-0.25, -0.2) is 4.98 Å². The fourth-order valence-corrected chi connectivity index (χ4v) is 1.93. The summed E-state index contributed by atoms with van der Waals surface area (Å²) in [6.07, 6.45) is 3.39. The van der Waals surface area contributed by atoms with Crippen molar-refractivity contribution in [3.8, 4) is 11.3 Å². The van der Waals surface area contributed by atoms with Crippen molar-refractivity contribution < 1.29 is 0 Å². The van der Waals surface area contributed by atoms with Crippen molar-refractivity contribution in [1.29, 1.82) is 0 Å². The van der Waals surface area contributed by atoms with E-state index in [2.05, 4.69) is 32.6 Å². The van der Waals surface area contributed by atoms with Crippen LogP contribution in [-0.4, -0.2) is 9.97 Å². The van der Waals surface area contributed by atoms with E-state index in [0.717, 1.165) is 15.0 Å². The van der Waals surface area contributed by atoms with E-state index in [1.165, 1.54) is 0 Å². The molecule has 1 heterocycles. The van der Waals surface area contributed by atoms with E-state index in [0.29, 0.717) is 10.0 Å². The molecule has 0 radical (unpaired) electrons. The van der Waals surface area contributed by atoms with Crippen LogP contribution in [0.4, 0.5) is 0 Å². The molecule has 1 aromatic carbocycles. The molecule has 0 atom stereocenters. The van der Waals surface area contributed by atoms with Gasteiger partial charge in [-0.1, -0.05) is 23.2 Å². The molecule has 0 saturated heterocycles. The number of halogens is 3. The van der Waals surface area contributed by atoms with Crippen LogP contribution in [0.3, 0.4) is 0 Å². The van der Waals surface area contributed by atoms with Crippen LogP contribution in [0.2, 0.25) is 10.0 Å². The predicted octanol–water partition coefficient (Wildman–Crippen LogP) is 4.06. The van der Waals surface area contributed by atoms with Crippen molar-refractivity contribution >= 4 is 45.8 Å². The highest BCUT2D eigenvalue weighted by Crippen LogP contribution is 2.28. The molecule has 0 spiro atoms. The summed E-state index contributed by atoms with van der Waals surface area (Å²) >= 11 is 14.0. The van der Waals surface area contributed by atoms with Gasteiger partial charge in [0, 0.05) is 10.6 Å². The van der Waals surface area contributed by atoms with E-state index >= 15 is 0 Å². The van der Waals surface area contributed by atoms with Crippen molar-refractivity contribution in [2.45, 2.75) is 0 Å². The van der Waals surface area contributed by atoms with Crippen molar-refractivity contribution in [3.05, 3.63) is 44.3 Å². The average molecular weight is 351 g/mol. The number of aromatic nitrogens is 2. The minimum atomic E-state index is 0.581. The molecule has 0 amide bonds. The number of hydrogen-bond donors (Lipinski definition) is 0. The summed E-state index contributed by atoms with van der Waals surface area (Å²) in [7, 11) is 0. The topological polar surface area (TPSA) is 25.8 Å². The van der Waals surface area contributed by atoms with Crippen LogP contribution >= 0.6 is 45.8 Å². The van der Waals surface area contributed by atoms with E-state index in [1.807, 2.05) is 6.07 Å². The maximum absolute atomic E-state index is 6.05. The Labute approximate surface area is 111 Å². The highest BCUT2D eigenvalue weighted by atomic mass is 127. The zero-order valence-electron chi connectivity index (χ0n) is 7.42. The third kappa shape index (κ3) is 2.59. The second kappa shape index (κ2) is 4.63. The van der Waals surface area contributed by atoms with E-state index in [9.17, 15) is 0 Å². The van der Waals surface area contributed by atoms with Gasteiger partial charge in [0.25, 0.3) is 0 Å². The second-order valence-electron chi connectivity index (χ2n) is 2.85. The molecule has 0 aliphatic rings. The lowest BCUT2D eigenvalue weighted by Gasteiger charge is -2.03. The molecule has 15 heavy (non-hydrogen) atoms. The molecule has 76 valence electrons. The molecule has 0 saturated carbocycles. The van der Waals surface area contributed by atoms with E-state index in [-0.39, 0.29) is 0 Å². The van der Waals surface area contributed by atoms with Crippen molar-refractivity contribution in [2.24, 2.45) is 0 Å². The summed E-state index contributed by atoms with van der Waals surface area (Å²) in [5, 5.41) is 1.19. The van der Waals surface area contributed by atoms with Crippen molar-refractivity contribution in [2.75, 3.05) is 0 Å². The molecule has 2 rings (SSSR count). The minimum absolute atomic E-state index is 0.581. The number of rotatable bonds is 1. The van der Waals surface area contributed by atoms with Crippen LogP contribution in [0.5, 0.6) is 0 Å². The first-order valence-corrected chi connectivity index (χ1v) is 5.93. The fourth-order valence-electron chi connectivity index (χ4n) is 1.15. The zero-order chi connectivity index (χ0) is 10.8. The zero-order valence-corrected chi connectivity index (χ0v) is 11.1. The van der Waals surface area contributed by atoms with Crippen molar-refractivity contribution in [1.82, 2.24) is 9.97 Å². The Kier molecular flexibility index (Phi) is 3.43. The maximum Gasteiger partial charge on any atom is 0.119 e. The van der Waals surface area contributed by atoms with Gasteiger partial charge < -0.3 is 0 Å². The number of nitrogens with zero attached hydrogens (tertiary/aromatic N) is 2. The molecule has 2 aromatic rings. The Morgan fingerprint density at radius 2 is 1.87 bits per heavy atom. The van der Waals surface area contributed by atoms with Gasteiger partial charge in [-0.2, -0.15) is 0 Å². The monoisotopic (exact) mass is 350 g/mol. The van der Waals surface area contributed by atoms with Gasteiger partial charge in [-0.3, -0.25) is 4.98 Å². The molecule has 1 aromatic heterocycles. The third-order valence-corrected chi connectivity index (χ3v) is 2.93. The van der Waals surface area contributed by atoms with Gasteiger partial charge in [-0.15, -0.1) is 0 Å². The Hall–Kier alpha value is -0.390. The minimum Gasteiger partial charge on any atom is -0.252 e. The van der Waals surface area contributed by atoms with Crippen molar-refractivity contribution in [3.63, 3.8) is 0 Å². The molecule has 0 bridgehead atoms. The standard InChI is InChI=1S/C10H5Cl2IN2/c11-6-1-2-7(8(12)3-6)9-4-15-10(13)5-14-9/h1-5H. The third-order valence-electron chi connectivity index (χ3n) is 1.83. The van der Waals surface area contributed by atoms with Crippen LogP contribution in [0.15, 0.2) is 30.6 Å². The molecular formula is C10H5Cl2IN2. The van der Waals surface area contributed by atoms with Crippen LogP contribution < -0.4 is 0 Å². The molecule has 0 fully saturated rings. The summed E-state index contributed by atoms with van der Waals surface area (Å²) in [4.78, 5) is 8.39. The van der Waals surface area contributed by atoms with Gasteiger partial charge in [0.1, 0.15) is 3.70 Å². The van der Waals surface area contributed by atoms with Crippen LogP contribution in [0.25, 0.3) is 11.3 Å². The predicted molar refractivity (Wildman–Crippen MR) is 70.2 cm³/mol. The lowest BCUT2D eigenvalue weighted by molar-refractivity contribution is 1.17. The average Bonchev–Trinajstić information content (AvgIpc) is 2.20. The summed E-state index contributed by atoms with van der Waals surface area (Å²) in [5.41, 5.74) is 1.59. The SMILES string of the molecule is Clc1ccc(-c2cnc(I)cn2)c(Cl)c1. The van der Waals surface area contributed by atoms with Gasteiger partial charge in [-0.05, 0) is 40.8 Å². The fraction of sp³-hybridized carbons (Fsp3) is 0. The first kappa shape index (κ1) is 11.1. The van der Waals surface area contributed by atoms with Crippen LogP contribution in [-0.2, 0) is 0 Å². The maximum atomic E-state index is 6.05. The van der Waals surface area contributed by atoms with E-state index in [1.54, 1.807) is 24.5 Å². The summed E-state index contributed by atoms with van der Waals surface area (Å²) in [6, 6.07) is 5.31. The first-order chi connectivity index (χ1) is 7.16. The summed E-state index contributed by atoms with van der Waals surface area (Å²) in [6.45, 7) is 0. The summed E-state index contributed by atoms with van der Waals surface area (Å²) in [5.74, 6) is 0. The van der Waals surface area contributed by atoms with E-state index in [4.69, 9.17) is 23.2 Å². The smallest absolute Gasteiger partial charge is 0.119 e. The largest absolute Gasteiger partial charge is 0.252 e. The lowest BCUT2D eigenvalue weighted by Crippen LogP contribution is -1.88. The van der Waals surface area contributed by atoms with Gasteiger partial charge in [0.05, 0.1) is 23.1 Å². The van der Waals surface area contributed by atoms with Crippen LogP contribution in [0, 0.1) is 3.70 Å². The lowest BCUT2D eigenvalue weighted by atomic mass is 10.2. The number of hydrogen-bond acceptors (Lipinski definition) is 2. The Balaban J connectivity index is 2.49. The molecule has 0 aliphatic heterocycles. The second-order valence-corrected chi connectivity index (χ2v) is 4.80. The highest BCUT2D eigenvalue weighted by Gasteiger charge is 2.05. The number of benzene rings is 1. The van der Waals surface area contributed by atoms with Gasteiger partial charge in [0.15, 0.2) is 0 Å². The van der Waals surface area contributed by atoms with E-state index < -0.39 is 0 Å².